The molecule has 0 aliphatic carbocycles. The van der Waals surface area contributed by atoms with Crippen molar-refractivity contribution in [2.24, 2.45) is 0 Å². The Kier molecular flexibility index (Phi) is 6.14. The number of ketones is 1. The van der Waals surface area contributed by atoms with Crippen LogP contribution in [0.1, 0.15) is 53.2 Å². The van der Waals surface area contributed by atoms with Crippen LogP contribution in [0.15, 0.2) is 61.2 Å². The molecule has 1 heteroatoms. The fourth-order valence-electron chi connectivity index (χ4n) is 2.79. The lowest BCUT2D eigenvalue weighted by atomic mass is 9.90. The molecule has 2 aromatic rings. The summed E-state index contributed by atoms with van der Waals surface area (Å²) >= 11 is 0. The van der Waals surface area contributed by atoms with Gasteiger partial charge in [-0.15, -0.1) is 6.58 Å². The first-order valence-corrected chi connectivity index (χ1v) is 8.09. The number of carbonyl (C=O) groups excluding carboxylic acids is 1. The Bertz CT molecular complexity index is 626. The lowest BCUT2D eigenvalue weighted by Crippen LogP contribution is -2.08. The van der Waals surface area contributed by atoms with Crippen molar-refractivity contribution in [1.82, 2.24) is 0 Å². The van der Waals surface area contributed by atoms with Crippen LogP contribution in [0.3, 0.4) is 0 Å². The first-order chi connectivity index (χ1) is 10.8. The molecule has 0 radical (unpaired) electrons. The van der Waals surface area contributed by atoms with Crippen LogP contribution in [-0.2, 0) is 12.8 Å². The Morgan fingerprint density at radius 1 is 1.05 bits per heavy atom. The van der Waals surface area contributed by atoms with Gasteiger partial charge in [-0.05, 0) is 30.4 Å². The van der Waals surface area contributed by atoms with Gasteiger partial charge in [-0.1, -0.05) is 74.4 Å². The number of allylic oxidation sites excluding steroid dienone is 1. The van der Waals surface area contributed by atoms with Gasteiger partial charge in [-0.25, -0.2) is 0 Å². The van der Waals surface area contributed by atoms with Gasteiger partial charge in [-0.2, -0.15) is 0 Å². The average Bonchev–Trinajstić information content (AvgIpc) is 2.56. The normalized spacial score (nSPS) is 10.4. The van der Waals surface area contributed by atoms with E-state index in [4.69, 9.17) is 0 Å². The molecule has 0 amide bonds. The van der Waals surface area contributed by atoms with Crippen LogP contribution in [0.25, 0.3) is 0 Å². The lowest BCUT2D eigenvalue weighted by molar-refractivity contribution is 0.103. The minimum absolute atomic E-state index is 0.123. The molecule has 0 aliphatic heterocycles. The third-order valence-corrected chi connectivity index (χ3v) is 3.95. The number of benzene rings is 2. The van der Waals surface area contributed by atoms with Gasteiger partial charge in [0.05, 0.1) is 0 Å². The van der Waals surface area contributed by atoms with Crippen molar-refractivity contribution in [1.29, 1.82) is 0 Å². The monoisotopic (exact) mass is 292 g/mol. The van der Waals surface area contributed by atoms with E-state index in [9.17, 15) is 4.79 Å². The molecule has 0 heterocycles. The third-order valence-electron chi connectivity index (χ3n) is 3.95. The highest BCUT2D eigenvalue weighted by Crippen LogP contribution is 2.22. The van der Waals surface area contributed by atoms with Crippen LogP contribution in [0.2, 0.25) is 0 Å². The van der Waals surface area contributed by atoms with Gasteiger partial charge in [0.25, 0.3) is 0 Å². The fraction of sp³-hybridized carbons (Fsp3) is 0.286. The number of carbonyl (C=O) groups is 1. The molecule has 0 N–H and O–H groups in total. The Labute approximate surface area is 133 Å². The van der Waals surface area contributed by atoms with E-state index in [1.54, 1.807) is 0 Å². The number of rotatable bonds is 8. The zero-order valence-corrected chi connectivity index (χ0v) is 13.3. The molecule has 0 aliphatic rings. The fourth-order valence-corrected chi connectivity index (χ4v) is 2.79. The van der Waals surface area contributed by atoms with E-state index >= 15 is 0 Å². The van der Waals surface area contributed by atoms with Gasteiger partial charge in [-0.3, -0.25) is 4.79 Å². The summed E-state index contributed by atoms with van der Waals surface area (Å²) in [6.07, 6.45) is 7.20. The van der Waals surface area contributed by atoms with Crippen molar-refractivity contribution in [2.45, 2.75) is 39.0 Å². The van der Waals surface area contributed by atoms with Crippen LogP contribution in [0, 0.1) is 0 Å². The summed E-state index contributed by atoms with van der Waals surface area (Å²) in [6.45, 7) is 6.04. The summed E-state index contributed by atoms with van der Waals surface area (Å²) in [5, 5.41) is 0. The van der Waals surface area contributed by atoms with Crippen molar-refractivity contribution in [3.05, 3.63) is 83.4 Å². The van der Waals surface area contributed by atoms with E-state index in [0.29, 0.717) is 0 Å². The highest BCUT2D eigenvalue weighted by atomic mass is 16.1. The highest BCUT2D eigenvalue weighted by Gasteiger charge is 2.15. The maximum absolute atomic E-state index is 12.8. The van der Waals surface area contributed by atoms with Gasteiger partial charge < -0.3 is 0 Å². The van der Waals surface area contributed by atoms with Crippen molar-refractivity contribution < 1.29 is 4.79 Å². The number of hydrogen-bond donors (Lipinski definition) is 0. The maximum Gasteiger partial charge on any atom is 0.193 e. The van der Waals surface area contributed by atoms with Gasteiger partial charge in [0.1, 0.15) is 0 Å². The van der Waals surface area contributed by atoms with Crippen LogP contribution in [-0.4, -0.2) is 5.78 Å². The highest BCUT2D eigenvalue weighted by molar-refractivity contribution is 6.10. The first kappa shape index (κ1) is 16.2. The second kappa shape index (κ2) is 8.33. The maximum atomic E-state index is 12.8. The molecule has 0 spiro atoms. The topological polar surface area (TPSA) is 17.1 Å². The Hall–Kier alpha value is -2.15. The second-order valence-electron chi connectivity index (χ2n) is 5.59. The van der Waals surface area contributed by atoms with E-state index < -0.39 is 0 Å². The van der Waals surface area contributed by atoms with Crippen LogP contribution >= 0.6 is 0 Å². The van der Waals surface area contributed by atoms with Gasteiger partial charge in [0.2, 0.25) is 0 Å². The molecule has 0 fully saturated rings. The Balaban J connectivity index is 2.38. The molecule has 114 valence electrons. The molecule has 22 heavy (non-hydrogen) atoms. The van der Waals surface area contributed by atoms with Crippen molar-refractivity contribution in [2.75, 3.05) is 0 Å². The summed E-state index contributed by atoms with van der Waals surface area (Å²) in [5.74, 6) is 0.123. The molecule has 1 nitrogen and oxygen atoms in total. The Morgan fingerprint density at radius 2 is 1.82 bits per heavy atom. The number of hydrogen-bond acceptors (Lipinski definition) is 1. The Morgan fingerprint density at radius 3 is 2.50 bits per heavy atom. The summed E-state index contributed by atoms with van der Waals surface area (Å²) < 4.78 is 0. The van der Waals surface area contributed by atoms with Gasteiger partial charge >= 0.3 is 0 Å². The zero-order chi connectivity index (χ0) is 15.8. The van der Waals surface area contributed by atoms with Crippen LogP contribution in [0.5, 0.6) is 0 Å². The van der Waals surface area contributed by atoms with E-state index in [1.807, 2.05) is 48.5 Å². The summed E-state index contributed by atoms with van der Waals surface area (Å²) in [4.78, 5) is 12.8. The average molecular weight is 292 g/mol. The lowest BCUT2D eigenvalue weighted by Gasteiger charge is -2.13. The standard InChI is InChI=1S/C21H24O/c1-3-5-7-15-19-17(11-4-2)14-10-16-20(19)21(22)18-12-8-6-9-13-18/h4,6,8-10,12-14,16H,2-3,5,7,11,15H2,1H3. The summed E-state index contributed by atoms with van der Waals surface area (Å²) in [7, 11) is 0. The molecule has 0 unspecified atom stereocenters. The predicted molar refractivity (Wildman–Crippen MR) is 93.4 cm³/mol. The smallest absolute Gasteiger partial charge is 0.193 e. The zero-order valence-electron chi connectivity index (χ0n) is 13.3. The molecule has 0 atom stereocenters. The summed E-state index contributed by atoms with van der Waals surface area (Å²) in [5.41, 5.74) is 4.04. The predicted octanol–water partition coefficient (Wildman–Crippen LogP) is 5.38. The first-order valence-electron chi connectivity index (χ1n) is 8.09. The molecule has 0 saturated heterocycles. The molecule has 0 aromatic heterocycles. The van der Waals surface area contributed by atoms with Crippen LogP contribution in [0.4, 0.5) is 0 Å². The molecule has 0 bridgehead atoms. The molecule has 2 rings (SSSR count). The van der Waals surface area contributed by atoms with Gasteiger partial charge in [0, 0.05) is 11.1 Å². The van der Waals surface area contributed by atoms with E-state index in [0.717, 1.165) is 30.4 Å². The minimum Gasteiger partial charge on any atom is -0.289 e. The molecule has 2 aromatic carbocycles. The molecular formula is C21H24O. The second-order valence-corrected chi connectivity index (χ2v) is 5.59. The van der Waals surface area contributed by atoms with Gasteiger partial charge in [0.15, 0.2) is 5.78 Å². The minimum atomic E-state index is 0.123. The SMILES string of the molecule is C=CCc1cccc(C(=O)c2ccccc2)c1CCCCC. The van der Waals surface area contributed by atoms with Crippen molar-refractivity contribution in [3.63, 3.8) is 0 Å². The van der Waals surface area contributed by atoms with E-state index in [1.165, 1.54) is 24.0 Å². The largest absolute Gasteiger partial charge is 0.289 e. The quantitative estimate of drug-likeness (QED) is 0.363. The van der Waals surface area contributed by atoms with E-state index in [2.05, 4.69) is 19.6 Å². The van der Waals surface area contributed by atoms with Crippen molar-refractivity contribution in [3.8, 4) is 0 Å². The molecular weight excluding hydrogens is 268 g/mol. The summed E-state index contributed by atoms with van der Waals surface area (Å²) in [6, 6.07) is 15.6. The molecule has 0 saturated carbocycles. The number of unbranched alkanes of at least 4 members (excludes halogenated alkanes) is 2. The third kappa shape index (κ3) is 3.94. The van der Waals surface area contributed by atoms with Crippen LogP contribution < -0.4 is 0 Å². The van der Waals surface area contributed by atoms with Crippen molar-refractivity contribution >= 4 is 5.78 Å². The van der Waals surface area contributed by atoms with E-state index in [-0.39, 0.29) is 5.78 Å².